The van der Waals surface area contributed by atoms with Gasteiger partial charge in [0.15, 0.2) is 5.11 Å². The first kappa shape index (κ1) is 20.7. The van der Waals surface area contributed by atoms with Crippen molar-refractivity contribution in [3.63, 3.8) is 0 Å². The van der Waals surface area contributed by atoms with Gasteiger partial charge in [-0.1, -0.05) is 12.1 Å². The molecule has 0 aliphatic rings. The van der Waals surface area contributed by atoms with Gasteiger partial charge in [0.05, 0.1) is 23.8 Å². The van der Waals surface area contributed by atoms with Crippen molar-refractivity contribution in [1.29, 1.82) is 0 Å². The molecular formula is C18H18BrN3O4S. The largest absolute Gasteiger partial charge is 0.496 e. The molecule has 7 nitrogen and oxygen atoms in total. The quantitative estimate of drug-likeness (QED) is 0.478. The van der Waals surface area contributed by atoms with Crippen LogP contribution in [-0.2, 0) is 0 Å². The summed E-state index contributed by atoms with van der Waals surface area (Å²) >= 11 is 8.38. The van der Waals surface area contributed by atoms with Crippen LogP contribution in [0.5, 0.6) is 11.5 Å². The van der Waals surface area contributed by atoms with Crippen LogP contribution in [0.2, 0.25) is 0 Å². The molecule has 0 radical (unpaired) electrons. The van der Waals surface area contributed by atoms with Crippen LogP contribution in [0.25, 0.3) is 0 Å². The van der Waals surface area contributed by atoms with E-state index in [1.165, 1.54) is 7.11 Å². The van der Waals surface area contributed by atoms with Gasteiger partial charge in [-0.2, -0.15) is 0 Å². The Morgan fingerprint density at radius 3 is 2.48 bits per heavy atom. The molecule has 2 amide bonds. The first-order valence-electron chi connectivity index (χ1n) is 7.93. The van der Waals surface area contributed by atoms with E-state index in [0.717, 1.165) is 0 Å². The van der Waals surface area contributed by atoms with E-state index in [-0.39, 0.29) is 5.11 Å². The van der Waals surface area contributed by atoms with Crippen molar-refractivity contribution >= 4 is 45.1 Å². The molecule has 0 fully saturated rings. The van der Waals surface area contributed by atoms with Crippen molar-refractivity contribution in [2.45, 2.75) is 6.92 Å². The van der Waals surface area contributed by atoms with Crippen molar-refractivity contribution in [3.8, 4) is 11.5 Å². The standard InChI is InChI=1S/C18H18BrN3O4S/c1-3-26-15-9-8-11(10-13(15)19)16(23)20-18(27)22-21-17(24)12-6-4-5-7-14(12)25-2/h4-10H,3H2,1-2H3,(H,21,24)(H2,20,22,23,27). The summed E-state index contributed by atoms with van der Waals surface area (Å²) in [6.45, 7) is 2.39. The average molecular weight is 452 g/mol. The Balaban J connectivity index is 1.92. The summed E-state index contributed by atoms with van der Waals surface area (Å²) in [4.78, 5) is 24.4. The van der Waals surface area contributed by atoms with Gasteiger partial charge in [-0.3, -0.25) is 25.8 Å². The minimum absolute atomic E-state index is 0.0479. The Kier molecular flexibility index (Phi) is 7.56. The third-order valence-electron chi connectivity index (χ3n) is 3.36. The van der Waals surface area contributed by atoms with Crippen LogP contribution >= 0.6 is 28.1 Å². The van der Waals surface area contributed by atoms with Crippen molar-refractivity contribution in [1.82, 2.24) is 16.2 Å². The minimum atomic E-state index is -0.451. The van der Waals surface area contributed by atoms with Crippen LogP contribution in [0.3, 0.4) is 0 Å². The fraction of sp³-hybridized carbons (Fsp3) is 0.167. The molecule has 0 heterocycles. The summed E-state index contributed by atoms with van der Waals surface area (Å²) in [5.74, 6) is 0.181. The van der Waals surface area contributed by atoms with E-state index in [1.807, 2.05) is 6.92 Å². The van der Waals surface area contributed by atoms with Crippen molar-refractivity contribution in [3.05, 3.63) is 58.1 Å². The Morgan fingerprint density at radius 1 is 1.07 bits per heavy atom. The second-order valence-corrected chi connectivity index (χ2v) is 6.40. The van der Waals surface area contributed by atoms with Gasteiger partial charge >= 0.3 is 0 Å². The molecule has 0 saturated carbocycles. The number of carbonyl (C=O) groups is 2. The average Bonchev–Trinajstić information content (AvgIpc) is 2.67. The number of rotatable bonds is 5. The molecule has 0 bridgehead atoms. The normalized spacial score (nSPS) is 9.89. The summed E-state index contributed by atoms with van der Waals surface area (Å²) in [5, 5.41) is 2.44. The first-order chi connectivity index (χ1) is 13.0. The molecule has 142 valence electrons. The SMILES string of the molecule is CCOc1ccc(C(=O)NC(=S)NNC(=O)c2ccccc2OC)cc1Br. The lowest BCUT2D eigenvalue weighted by Gasteiger charge is -2.13. The number of methoxy groups -OCH3 is 1. The third-order valence-corrected chi connectivity index (χ3v) is 4.19. The van der Waals surface area contributed by atoms with Crippen molar-refractivity contribution in [2.24, 2.45) is 0 Å². The first-order valence-corrected chi connectivity index (χ1v) is 9.13. The minimum Gasteiger partial charge on any atom is -0.496 e. The zero-order chi connectivity index (χ0) is 19.8. The van der Waals surface area contributed by atoms with Crippen molar-refractivity contribution in [2.75, 3.05) is 13.7 Å². The zero-order valence-corrected chi connectivity index (χ0v) is 17.1. The van der Waals surface area contributed by atoms with E-state index in [0.29, 0.717) is 33.7 Å². The van der Waals surface area contributed by atoms with E-state index in [4.69, 9.17) is 21.7 Å². The second-order valence-electron chi connectivity index (χ2n) is 5.14. The lowest BCUT2D eigenvalue weighted by Crippen LogP contribution is -2.48. The van der Waals surface area contributed by atoms with Crippen LogP contribution < -0.4 is 25.6 Å². The van der Waals surface area contributed by atoms with E-state index >= 15 is 0 Å². The molecule has 9 heteroatoms. The van der Waals surface area contributed by atoms with Crippen LogP contribution in [-0.4, -0.2) is 30.6 Å². The summed E-state index contributed by atoms with van der Waals surface area (Å²) in [5.41, 5.74) is 5.61. The molecule has 0 spiro atoms. The second kappa shape index (κ2) is 9.89. The number of hydrazine groups is 1. The maximum Gasteiger partial charge on any atom is 0.273 e. The van der Waals surface area contributed by atoms with Gasteiger partial charge in [-0.05, 0) is 65.4 Å². The van der Waals surface area contributed by atoms with Crippen LogP contribution in [0.4, 0.5) is 0 Å². The maximum atomic E-state index is 12.3. The van der Waals surface area contributed by atoms with E-state index in [2.05, 4.69) is 32.1 Å². The van der Waals surface area contributed by atoms with Gasteiger partial charge in [0.1, 0.15) is 11.5 Å². The number of halogens is 1. The number of hydrogen-bond donors (Lipinski definition) is 3. The summed E-state index contributed by atoms with van der Waals surface area (Å²) in [7, 11) is 1.47. The molecule has 2 rings (SSSR count). The van der Waals surface area contributed by atoms with Gasteiger partial charge < -0.3 is 9.47 Å². The fourth-order valence-corrected chi connectivity index (χ4v) is 2.77. The maximum absolute atomic E-state index is 12.3. The van der Waals surface area contributed by atoms with Gasteiger partial charge in [-0.15, -0.1) is 0 Å². The molecule has 0 aromatic heterocycles. The molecule has 3 N–H and O–H groups in total. The Hall–Kier alpha value is -2.65. The molecule has 0 aliphatic carbocycles. The van der Waals surface area contributed by atoms with Crippen LogP contribution in [0, 0.1) is 0 Å². The molecular weight excluding hydrogens is 434 g/mol. The van der Waals surface area contributed by atoms with Crippen molar-refractivity contribution < 1.29 is 19.1 Å². The Morgan fingerprint density at radius 2 is 1.81 bits per heavy atom. The number of thiocarbonyl (C=S) groups is 1. The fourth-order valence-electron chi connectivity index (χ4n) is 2.13. The number of para-hydroxylation sites is 1. The zero-order valence-electron chi connectivity index (χ0n) is 14.7. The lowest BCUT2D eigenvalue weighted by molar-refractivity contribution is 0.0932. The highest BCUT2D eigenvalue weighted by Gasteiger charge is 2.13. The molecule has 0 saturated heterocycles. The van der Waals surface area contributed by atoms with Crippen LogP contribution in [0.1, 0.15) is 27.6 Å². The van der Waals surface area contributed by atoms with Gasteiger partial charge in [0, 0.05) is 5.56 Å². The molecule has 2 aromatic rings. The smallest absolute Gasteiger partial charge is 0.273 e. The van der Waals surface area contributed by atoms with Gasteiger partial charge in [-0.25, -0.2) is 0 Å². The highest BCUT2D eigenvalue weighted by atomic mass is 79.9. The lowest BCUT2D eigenvalue weighted by atomic mass is 10.2. The number of amides is 2. The number of benzene rings is 2. The summed E-state index contributed by atoms with van der Waals surface area (Å²) in [6, 6.07) is 11.7. The van der Waals surface area contributed by atoms with Gasteiger partial charge in [0.2, 0.25) is 0 Å². The Labute approximate surface area is 170 Å². The molecule has 2 aromatic carbocycles. The summed E-state index contributed by atoms with van der Waals surface area (Å²) < 4.78 is 11.2. The summed E-state index contributed by atoms with van der Waals surface area (Å²) in [6.07, 6.45) is 0. The Bertz CT molecular complexity index is 860. The number of ether oxygens (including phenoxy) is 2. The number of hydrogen-bond acceptors (Lipinski definition) is 5. The molecule has 0 atom stereocenters. The topological polar surface area (TPSA) is 88.7 Å². The number of nitrogens with one attached hydrogen (secondary N) is 3. The predicted octanol–water partition coefficient (Wildman–Crippen LogP) is 2.81. The van der Waals surface area contributed by atoms with Gasteiger partial charge in [0.25, 0.3) is 11.8 Å². The van der Waals surface area contributed by atoms with E-state index in [1.54, 1.807) is 42.5 Å². The van der Waals surface area contributed by atoms with Crippen LogP contribution in [0.15, 0.2) is 46.9 Å². The molecule has 0 unspecified atom stereocenters. The van der Waals surface area contributed by atoms with E-state index < -0.39 is 11.8 Å². The highest BCUT2D eigenvalue weighted by molar-refractivity contribution is 9.10. The molecule has 0 aliphatic heterocycles. The highest BCUT2D eigenvalue weighted by Crippen LogP contribution is 2.25. The predicted molar refractivity (Wildman–Crippen MR) is 109 cm³/mol. The number of carbonyl (C=O) groups excluding carboxylic acids is 2. The molecule has 27 heavy (non-hydrogen) atoms. The van der Waals surface area contributed by atoms with E-state index in [9.17, 15) is 9.59 Å². The monoisotopic (exact) mass is 451 g/mol. The third kappa shape index (κ3) is 5.66.